The van der Waals surface area contributed by atoms with Gasteiger partial charge in [0.25, 0.3) is 0 Å². The van der Waals surface area contributed by atoms with E-state index in [2.05, 4.69) is 63.4 Å². The van der Waals surface area contributed by atoms with Crippen molar-refractivity contribution in [1.82, 2.24) is 30.0 Å². The summed E-state index contributed by atoms with van der Waals surface area (Å²) in [4.78, 5) is 17.9. The summed E-state index contributed by atoms with van der Waals surface area (Å²) in [5.74, 6) is 0.897. The molecule has 0 radical (unpaired) electrons. The summed E-state index contributed by atoms with van der Waals surface area (Å²) in [5.41, 5.74) is 2.41. The highest BCUT2D eigenvalue weighted by Crippen LogP contribution is 2.40. The van der Waals surface area contributed by atoms with Crippen LogP contribution in [0.2, 0.25) is 0 Å². The molecule has 2 fully saturated rings. The number of carbonyl (C=O) groups is 1. The fraction of sp³-hybridized carbons (Fsp3) is 0.636. The Morgan fingerprint density at radius 2 is 1.93 bits per heavy atom. The van der Waals surface area contributed by atoms with Gasteiger partial charge in [0.1, 0.15) is 6.33 Å². The summed E-state index contributed by atoms with van der Waals surface area (Å²) in [6, 6.07) is 8.77. The van der Waals surface area contributed by atoms with Crippen LogP contribution in [0.1, 0.15) is 56.6 Å². The second kappa shape index (κ2) is 8.61. The second-order valence-electron chi connectivity index (χ2n) is 8.96. The molecule has 7 nitrogen and oxygen atoms in total. The van der Waals surface area contributed by atoms with Crippen molar-refractivity contribution < 1.29 is 4.79 Å². The first-order valence-corrected chi connectivity index (χ1v) is 10.9. The van der Waals surface area contributed by atoms with Crippen molar-refractivity contribution in [2.24, 2.45) is 5.41 Å². The first-order valence-electron chi connectivity index (χ1n) is 10.9. The van der Waals surface area contributed by atoms with Gasteiger partial charge >= 0.3 is 0 Å². The third-order valence-electron chi connectivity index (χ3n) is 6.53. The average molecular weight is 397 g/mol. The molecular weight excluding hydrogens is 364 g/mol. The lowest BCUT2D eigenvalue weighted by Gasteiger charge is -2.39. The van der Waals surface area contributed by atoms with Crippen LogP contribution in [0.15, 0.2) is 30.6 Å². The van der Waals surface area contributed by atoms with Crippen molar-refractivity contribution in [1.29, 1.82) is 0 Å². The van der Waals surface area contributed by atoms with Crippen molar-refractivity contribution in [3.05, 3.63) is 41.7 Å². The summed E-state index contributed by atoms with van der Waals surface area (Å²) in [6.45, 7) is 9.75. The van der Waals surface area contributed by atoms with E-state index in [9.17, 15) is 4.79 Å². The van der Waals surface area contributed by atoms with E-state index < -0.39 is 0 Å². The van der Waals surface area contributed by atoms with Crippen LogP contribution in [0.4, 0.5) is 0 Å². The molecule has 3 heterocycles. The van der Waals surface area contributed by atoms with E-state index in [0.29, 0.717) is 11.8 Å². The van der Waals surface area contributed by atoms with Crippen LogP contribution in [0.25, 0.3) is 0 Å². The summed E-state index contributed by atoms with van der Waals surface area (Å²) in [5, 5.41) is 11.3. The third-order valence-corrected chi connectivity index (χ3v) is 6.53. The van der Waals surface area contributed by atoms with Crippen molar-refractivity contribution in [3.63, 3.8) is 0 Å². The molecule has 7 heteroatoms. The number of hydrogen-bond acceptors (Lipinski definition) is 5. The van der Waals surface area contributed by atoms with Gasteiger partial charge in [-0.05, 0) is 66.2 Å². The molecule has 1 aromatic heterocycles. The van der Waals surface area contributed by atoms with Crippen LogP contribution < -0.4 is 0 Å². The zero-order valence-corrected chi connectivity index (χ0v) is 17.6. The lowest BCUT2D eigenvalue weighted by Crippen LogP contribution is -2.49. The van der Waals surface area contributed by atoms with Crippen LogP contribution >= 0.6 is 0 Å². The number of piperidine rings is 1. The molecule has 0 N–H and O–H groups in total. The summed E-state index contributed by atoms with van der Waals surface area (Å²) in [7, 11) is 0. The van der Waals surface area contributed by atoms with Gasteiger partial charge in [0, 0.05) is 26.2 Å². The van der Waals surface area contributed by atoms with Gasteiger partial charge in [-0.25, -0.2) is 4.68 Å². The van der Waals surface area contributed by atoms with Gasteiger partial charge < -0.3 is 9.80 Å². The number of likely N-dealkylation sites (tertiary alicyclic amines) is 2. The molecule has 2 aliphatic heterocycles. The molecule has 1 amide bonds. The minimum absolute atomic E-state index is 0.176. The molecule has 4 rings (SSSR count). The van der Waals surface area contributed by atoms with Crippen LogP contribution in [0, 0.1) is 5.41 Å². The number of tetrazole rings is 1. The fourth-order valence-electron chi connectivity index (χ4n) is 4.80. The third kappa shape index (κ3) is 4.50. The van der Waals surface area contributed by atoms with Crippen molar-refractivity contribution in [3.8, 4) is 0 Å². The molecule has 156 valence electrons. The van der Waals surface area contributed by atoms with Gasteiger partial charge in [0.15, 0.2) is 0 Å². The maximum absolute atomic E-state index is 13.4. The largest absolute Gasteiger partial charge is 0.338 e. The van der Waals surface area contributed by atoms with Crippen LogP contribution in [-0.4, -0.2) is 62.1 Å². The summed E-state index contributed by atoms with van der Waals surface area (Å²) < 4.78 is 1.77. The highest BCUT2D eigenvalue weighted by atomic mass is 16.2. The van der Waals surface area contributed by atoms with E-state index in [0.717, 1.165) is 65.0 Å². The monoisotopic (exact) mass is 396 g/mol. The number of rotatable bonds is 7. The molecule has 2 aliphatic rings. The van der Waals surface area contributed by atoms with Crippen molar-refractivity contribution in [2.45, 2.75) is 58.5 Å². The van der Waals surface area contributed by atoms with Crippen molar-refractivity contribution in [2.75, 3.05) is 26.2 Å². The van der Waals surface area contributed by atoms with Gasteiger partial charge in [-0.2, -0.15) is 0 Å². The van der Waals surface area contributed by atoms with Gasteiger partial charge in [-0.1, -0.05) is 38.1 Å². The normalized spacial score (nSPS) is 22.9. The summed E-state index contributed by atoms with van der Waals surface area (Å²) >= 11 is 0. The number of benzene rings is 1. The predicted octanol–water partition coefficient (Wildman–Crippen LogP) is 2.70. The maximum Gasteiger partial charge on any atom is 0.230 e. The van der Waals surface area contributed by atoms with Crippen LogP contribution in [-0.2, 0) is 17.9 Å². The minimum atomic E-state index is -0.176. The van der Waals surface area contributed by atoms with E-state index >= 15 is 0 Å². The Morgan fingerprint density at radius 1 is 1.10 bits per heavy atom. The lowest BCUT2D eigenvalue weighted by atomic mass is 9.78. The van der Waals surface area contributed by atoms with E-state index in [1.54, 1.807) is 11.0 Å². The Morgan fingerprint density at radius 3 is 2.66 bits per heavy atom. The zero-order valence-electron chi connectivity index (χ0n) is 17.6. The second-order valence-corrected chi connectivity index (χ2v) is 8.96. The molecular formula is C22H32N6O. The van der Waals surface area contributed by atoms with Gasteiger partial charge in [-0.15, -0.1) is 5.10 Å². The summed E-state index contributed by atoms with van der Waals surface area (Å²) in [6.07, 6.45) is 5.77. The van der Waals surface area contributed by atoms with E-state index in [4.69, 9.17) is 0 Å². The minimum Gasteiger partial charge on any atom is -0.338 e. The quantitative estimate of drug-likeness (QED) is 0.720. The van der Waals surface area contributed by atoms with Crippen molar-refractivity contribution >= 4 is 5.91 Å². The highest BCUT2D eigenvalue weighted by molar-refractivity contribution is 5.84. The highest BCUT2D eigenvalue weighted by Gasteiger charge is 2.47. The standard InChI is InChI=1S/C22H32N6O/c1-18(2)20-7-5-19(6-8-20)15-27-12-3-9-22(21(27)29)10-14-26(16-22)11-4-13-28-17-23-24-25-28/h5-8,17-18H,3-4,9-16H2,1-2H3/t22-/m0/s1. The lowest BCUT2D eigenvalue weighted by molar-refractivity contribution is -0.146. The van der Waals surface area contributed by atoms with Gasteiger partial charge in [0.2, 0.25) is 5.91 Å². The molecule has 0 unspecified atom stereocenters. The average Bonchev–Trinajstić information content (AvgIpc) is 3.37. The number of nitrogens with zero attached hydrogens (tertiary/aromatic N) is 6. The molecule has 1 aromatic carbocycles. The molecule has 29 heavy (non-hydrogen) atoms. The molecule has 1 atom stereocenters. The van der Waals surface area contributed by atoms with Gasteiger partial charge in [0.05, 0.1) is 5.41 Å². The van der Waals surface area contributed by atoms with Crippen LogP contribution in [0.3, 0.4) is 0 Å². The molecule has 0 aliphatic carbocycles. The number of carbonyl (C=O) groups excluding carboxylic acids is 1. The number of hydrogen-bond donors (Lipinski definition) is 0. The topological polar surface area (TPSA) is 67.2 Å². The Kier molecular flexibility index (Phi) is 5.94. The Labute approximate surface area is 173 Å². The first kappa shape index (κ1) is 20.0. The molecule has 1 spiro atoms. The van der Waals surface area contributed by atoms with E-state index in [-0.39, 0.29) is 5.41 Å². The Balaban J connectivity index is 1.33. The fourth-order valence-corrected chi connectivity index (χ4v) is 4.80. The predicted molar refractivity (Wildman–Crippen MR) is 111 cm³/mol. The number of aromatic nitrogens is 4. The SMILES string of the molecule is CC(C)c1ccc(CN2CCC[C@@]3(CCN(CCCn4cnnn4)C3)C2=O)cc1. The first-order chi connectivity index (χ1) is 14.1. The van der Waals surface area contributed by atoms with Gasteiger partial charge in [-0.3, -0.25) is 4.79 Å². The molecule has 2 saturated heterocycles. The Hall–Kier alpha value is -2.28. The number of aryl methyl sites for hydroxylation is 1. The Bertz CT molecular complexity index is 803. The molecule has 0 bridgehead atoms. The molecule has 0 saturated carbocycles. The zero-order chi connectivity index (χ0) is 20.3. The maximum atomic E-state index is 13.4. The molecule has 2 aromatic rings. The smallest absolute Gasteiger partial charge is 0.230 e. The van der Waals surface area contributed by atoms with E-state index in [1.807, 2.05) is 0 Å². The van der Waals surface area contributed by atoms with Crippen LogP contribution in [0.5, 0.6) is 0 Å². The number of amides is 1. The van der Waals surface area contributed by atoms with E-state index in [1.165, 1.54) is 11.1 Å².